The molecule has 1 aromatic heterocycles. The van der Waals surface area contributed by atoms with Gasteiger partial charge in [-0.25, -0.2) is 4.79 Å². The fourth-order valence-electron chi connectivity index (χ4n) is 2.21. The fraction of sp³-hybridized carbons (Fsp3) is 0.231. The Bertz CT molecular complexity index is 701. The van der Waals surface area contributed by atoms with E-state index in [1.54, 1.807) is 23.7 Å². The van der Waals surface area contributed by atoms with Gasteiger partial charge in [-0.1, -0.05) is 0 Å². The molecule has 1 N–H and O–H groups in total. The first-order valence-corrected chi connectivity index (χ1v) is 5.74. The van der Waals surface area contributed by atoms with Gasteiger partial charge in [0.15, 0.2) is 11.5 Å². The van der Waals surface area contributed by atoms with Gasteiger partial charge in [-0.2, -0.15) is 0 Å². The van der Waals surface area contributed by atoms with Gasteiger partial charge in [-0.3, -0.25) is 4.79 Å². The number of aromatic nitrogens is 1. The molecule has 0 atom stereocenters. The standard InChI is InChI=1S/C13H11NO5/c1-14-6-8(12(15)13(16)17)7-4-10-11(5-9(7)14)19-3-2-18-10/h4-6H,2-3H2,1H3,(H,16,17). The van der Waals surface area contributed by atoms with E-state index in [0.29, 0.717) is 30.1 Å². The minimum Gasteiger partial charge on any atom is -0.486 e. The van der Waals surface area contributed by atoms with Crippen LogP contribution in [0.15, 0.2) is 18.3 Å². The summed E-state index contributed by atoms with van der Waals surface area (Å²) >= 11 is 0. The first-order valence-electron chi connectivity index (χ1n) is 5.74. The summed E-state index contributed by atoms with van der Waals surface area (Å²) in [4.78, 5) is 22.5. The van der Waals surface area contributed by atoms with Gasteiger partial charge in [0.2, 0.25) is 0 Å². The van der Waals surface area contributed by atoms with Crippen molar-refractivity contribution in [2.24, 2.45) is 7.05 Å². The van der Waals surface area contributed by atoms with Crippen LogP contribution < -0.4 is 9.47 Å². The monoisotopic (exact) mass is 261 g/mol. The molecular formula is C13H11NO5. The van der Waals surface area contributed by atoms with Gasteiger partial charge in [-0.15, -0.1) is 0 Å². The average molecular weight is 261 g/mol. The van der Waals surface area contributed by atoms with Crippen LogP contribution in [0.1, 0.15) is 10.4 Å². The second-order valence-electron chi connectivity index (χ2n) is 4.30. The molecule has 0 fully saturated rings. The minimum absolute atomic E-state index is 0.155. The van der Waals surface area contributed by atoms with Gasteiger partial charge in [0, 0.05) is 24.7 Å². The summed E-state index contributed by atoms with van der Waals surface area (Å²) in [5.74, 6) is -1.26. The predicted molar refractivity (Wildman–Crippen MR) is 65.9 cm³/mol. The number of nitrogens with zero attached hydrogens (tertiary/aromatic N) is 1. The van der Waals surface area contributed by atoms with Crippen molar-refractivity contribution in [3.05, 3.63) is 23.9 Å². The van der Waals surface area contributed by atoms with Crippen molar-refractivity contribution >= 4 is 22.7 Å². The predicted octanol–water partition coefficient (Wildman–Crippen LogP) is 1.22. The number of fused-ring (bicyclic) bond motifs is 2. The highest BCUT2D eigenvalue weighted by atomic mass is 16.6. The Labute approximate surface area is 108 Å². The average Bonchev–Trinajstić information content (AvgIpc) is 2.72. The lowest BCUT2D eigenvalue weighted by molar-refractivity contribution is -0.131. The molecular weight excluding hydrogens is 250 g/mol. The van der Waals surface area contributed by atoms with Crippen molar-refractivity contribution < 1.29 is 24.2 Å². The number of hydrogen-bond donors (Lipinski definition) is 1. The summed E-state index contributed by atoms with van der Waals surface area (Å²) in [6.07, 6.45) is 1.51. The van der Waals surface area contributed by atoms with E-state index < -0.39 is 11.8 Å². The molecule has 2 heterocycles. The second-order valence-corrected chi connectivity index (χ2v) is 4.30. The van der Waals surface area contributed by atoms with E-state index in [1.165, 1.54) is 6.20 Å². The van der Waals surface area contributed by atoms with Crippen molar-refractivity contribution in [3.63, 3.8) is 0 Å². The number of aliphatic carboxylic acids is 1. The highest BCUT2D eigenvalue weighted by Gasteiger charge is 2.23. The molecule has 1 aromatic carbocycles. The molecule has 6 nitrogen and oxygen atoms in total. The number of ketones is 1. The van der Waals surface area contributed by atoms with Crippen LogP contribution in [0.25, 0.3) is 10.9 Å². The molecule has 3 rings (SSSR count). The van der Waals surface area contributed by atoms with Crippen LogP contribution in [0.3, 0.4) is 0 Å². The van der Waals surface area contributed by atoms with Crippen molar-refractivity contribution in [2.75, 3.05) is 13.2 Å². The Balaban J connectivity index is 2.25. The molecule has 0 saturated carbocycles. The van der Waals surface area contributed by atoms with E-state index >= 15 is 0 Å². The quantitative estimate of drug-likeness (QED) is 0.649. The number of aryl methyl sites for hydroxylation is 1. The number of hydrogen-bond acceptors (Lipinski definition) is 4. The Morgan fingerprint density at radius 3 is 2.47 bits per heavy atom. The van der Waals surface area contributed by atoms with Crippen molar-refractivity contribution in [1.29, 1.82) is 0 Å². The van der Waals surface area contributed by atoms with Crippen LogP contribution in [0, 0.1) is 0 Å². The topological polar surface area (TPSA) is 77.8 Å². The van der Waals surface area contributed by atoms with Gasteiger partial charge in [0.25, 0.3) is 5.78 Å². The summed E-state index contributed by atoms with van der Waals surface area (Å²) in [6.45, 7) is 0.914. The van der Waals surface area contributed by atoms with Gasteiger partial charge in [-0.05, 0) is 6.07 Å². The number of benzene rings is 1. The maximum Gasteiger partial charge on any atom is 0.377 e. The lowest BCUT2D eigenvalue weighted by Crippen LogP contribution is -2.15. The molecule has 0 radical (unpaired) electrons. The normalized spacial score (nSPS) is 13.5. The van der Waals surface area contributed by atoms with E-state index in [0.717, 1.165) is 5.52 Å². The molecule has 98 valence electrons. The Hall–Kier alpha value is -2.50. The van der Waals surface area contributed by atoms with E-state index in [9.17, 15) is 9.59 Å². The molecule has 0 unspecified atom stereocenters. The zero-order valence-electron chi connectivity index (χ0n) is 10.2. The van der Waals surface area contributed by atoms with Crippen LogP contribution in [-0.4, -0.2) is 34.6 Å². The molecule has 6 heteroatoms. The second kappa shape index (κ2) is 4.01. The fourth-order valence-corrected chi connectivity index (χ4v) is 2.21. The van der Waals surface area contributed by atoms with E-state index in [2.05, 4.69) is 0 Å². The number of carbonyl (C=O) groups excluding carboxylic acids is 1. The van der Waals surface area contributed by atoms with Crippen molar-refractivity contribution in [2.45, 2.75) is 0 Å². The van der Waals surface area contributed by atoms with E-state index in [-0.39, 0.29) is 5.56 Å². The summed E-state index contributed by atoms with van der Waals surface area (Å²) < 4.78 is 12.6. The molecule has 0 bridgehead atoms. The number of rotatable bonds is 2. The SMILES string of the molecule is Cn1cc(C(=O)C(=O)O)c2cc3c(cc21)OCCO3. The summed E-state index contributed by atoms with van der Waals surface area (Å²) in [6, 6.07) is 3.41. The largest absolute Gasteiger partial charge is 0.486 e. The van der Waals surface area contributed by atoms with E-state index in [1.807, 2.05) is 0 Å². The number of carbonyl (C=O) groups is 2. The Morgan fingerprint density at radius 2 is 1.84 bits per heavy atom. The molecule has 1 aliphatic heterocycles. The molecule has 0 amide bonds. The zero-order chi connectivity index (χ0) is 13.6. The Kier molecular flexibility index (Phi) is 2.45. The van der Waals surface area contributed by atoms with Gasteiger partial charge in [0.05, 0.1) is 11.1 Å². The molecule has 0 saturated heterocycles. The lowest BCUT2D eigenvalue weighted by atomic mass is 10.1. The third-order valence-electron chi connectivity index (χ3n) is 3.09. The maximum atomic E-state index is 11.7. The third-order valence-corrected chi connectivity index (χ3v) is 3.09. The smallest absolute Gasteiger partial charge is 0.377 e. The van der Waals surface area contributed by atoms with Gasteiger partial charge in [0.1, 0.15) is 13.2 Å². The highest BCUT2D eigenvalue weighted by Crippen LogP contribution is 2.36. The Morgan fingerprint density at radius 1 is 1.21 bits per heavy atom. The molecule has 1 aliphatic rings. The molecule has 0 spiro atoms. The van der Waals surface area contributed by atoms with Crippen LogP contribution in [0.4, 0.5) is 0 Å². The van der Waals surface area contributed by atoms with Crippen LogP contribution in [-0.2, 0) is 11.8 Å². The number of carboxylic acid groups (broad SMARTS) is 1. The number of ether oxygens (including phenoxy) is 2. The maximum absolute atomic E-state index is 11.7. The van der Waals surface area contributed by atoms with Crippen LogP contribution >= 0.6 is 0 Å². The third kappa shape index (κ3) is 1.72. The number of carboxylic acids is 1. The van der Waals surface area contributed by atoms with E-state index in [4.69, 9.17) is 14.6 Å². The van der Waals surface area contributed by atoms with Gasteiger partial charge >= 0.3 is 5.97 Å². The van der Waals surface area contributed by atoms with Gasteiger partial charge < -0.3 is 19.1 Å². The zero-order valence-corrected chi connectivity index (χ0v) is 10.2. The molecule has 0 aliphatic carbocycles. The summed E-state index contributed by atoms with van der Waals surface area (Å²) in [5, 5.41) is 9.38. The minimum atomic E-state index is -1.47. The van der Waals surface area contributed by atoms with Crippen LogP contribution in [0.2, 0.25) is 0 Å². The molecule has 2 aromatic rings. The van der Waals surface area contributed by atoms with Crippen LogP contribution in [0.5, 0.6) is 11.5 Å². The highest BCUT2D eigenvalue weighted by molar-refractivity contribution is 6.42. The number of Topliss-reactive ketones (excluding diaryl/α,β-unsaturated/α-hetero) is 1. The summed E-state index contributed by atoms with van der Waals surface area (Å²) in [5.41, 5.74) is 0.885. The lowest BCUT2D eigenvalue weighted by Gasteiger charge is -2.18. The van der Waals surface area contributed by atoms with Crippen molar-refractivity contribution in [1.82, 2.24) is 4.57 Å². The summed E-state index contributed by atoms with van der Waals surface area (Å²) in [7, 11) is 1.75. The van der Waals surface area contributed by atoms with Crippen molar-refractivity contribution in [3.8, 4) is 11.5 Å². The first-order chi connectivity index (χ1) is 9.08. The first kappa shape index (κ1) is 11.6. The molecule has 19 heavy (non-hydrogen) atoms.